The summed E-state index contributed by atoms with van der Waals surface area (Å²) in [6, 6.07) is 9.39. The van der Waals surface area contributed by atoms with E-state index in [1.165, 1.54) is 19.5 Å². The van der Waals surface area contributed by atoms with Gasteiger partial charge in [-0.1, -0.05) is 0 Å². The number of nitrogens with zero attached hydrogens (tertiary/aromatic N) is 2. The quantitative estimate of drug-likeness (QED) is 0.671. The lowest BCUT2D eigenvalue weighted by atomic mass is 10.2. The van der Waals surface area contributed by atoms with Crippen molar-refractivity contribution in [1.29, 1.82) is 0 Å². The maximum atomic E-state index is 13.7. The highest BCUT2D eigenvalue weighted by Crippen LogP contribution is 2.31. The summed E-state index contributed by atoms with van der Waals surface area (Å²) in [4.78, 5) is 20.3. The Balaban J connectivity index is 1.79. The van der Waals surface area contributed by atoms with Crippen LogP contribution in [0.5, 0.6) is 11.5 Å². The molecule has 3 aromatic rings. The summed E-state index contributed by atoms with van der Waals surface area (Å²) in [5.74, 6) is -0.842. The molecule has 0 spiro atoms. The van der Waals surface area contributed by atoms with Crippen LogP contribution in [0.2, 0.25) is 0 Å². The van der Waals surface area contributed by atoms with E-state index in [9.17, 15) is 13.6 Å². The van der Waals surface area contributed by atoms with E-state index in [0.29, 0.717) is 29.1 Å². The fourth-order valence-corrected chi connectivity index (χ4v) is 2.37. The van der Waals surface area contributed by atoms with Crippen molar-refractivity contribution in [2.24, 2.45) is 0 Å². The SMILES string of the molecule is COc1ccc(Nc2cc(C(=O)Nc3ccc(F)cc3F)ncn2)c(OC)c1. The third kappa shape index (κ3) is 4.32. The zero-order valence-corrected chi connectivity index (χ0v) is 15.0. The van der Waals surface area contributed by atoms with Gasteiger partial charge in [0.05, 0.1) is 25.6 Å². The van der Waals surface area contributed by atoms with Crippen LogP contribution in [0.15, 0.2) is 48.8 Å². The summed E-state index contributed by atoms with van der Waals surface area (Å²) >= 11 is 0. The van der Waals surface area contributed by atoms with Crippen LogP contribution in [0.25, 0.3) is 0 Å². The number of anilines is 3. The fourth-order valence-electron chi connectivity index (χ4n) is 2.37. The fraction of sp³-hybridized carbons (Fsp3) is 0.105. The minimum atomic E-state index is -0.885. The molecule has 1 aromatic heterocycles. The molecule has 1 amide bonds. The van der Waals surface area contributed by atoms with Gasteiger partial charge in [0.15, 0.2) is 0 Å². The van der Waals surface area contributed by atoms with Crippen LogP contribution < -0.4 is 20.1 Å². The van der Waals surface area contributed by atoms with Crippen molar-refractivity contribution < 1.29 is 23.0 Å². The molecule has 0 radical (unpaired) electrons. The molecule has 28 heavy (non-hydrogen) atoms. The minimum Gasteiger partial charge on any atom is -0.497 e. The number of ether oxygens (including phenoxy) is 2. The number of hydrogen-bond donors (Lipinski definition) is 2. The molecule has 2 N–H and O–H groups in total. The lowest BCUT2D eigenvalue weighted by Gasteiger charge is -2.12. The smallest absolute Gasteiger partial charge is 0.274 e. The van der Waals surface area contributed by atoms with Crippen molar-refractivity contribution in [2.45, 2.75) is 0 Å². The average Bonchev–Trinajstić information content (AvgIpc) is 2.70. The van der Waals surface area contributed by atoms with Gasteiger partial charge in [0.1, 0.15) is 41.0 Å². The van der Waals surface area contributed by atoms with E-state index in [0.717, 1.165) is 12.1 Å². The lowest BCUT2D eigenvalue weighted by molar-refractivity contribution is 0.102. The first kappa shape index (κ1) is 19.0. The maximum Gasteiger partial charge on any atom is 0.274 e. The van der Waals surface area contributed by atoms with E-state index in [-0.39, 0.29) is 11.4 Å². The molecule has 0 aliphatic rings. The van der Waals surface area contributed by atoms with Gasteiger partial charge in [0.2, 0.25) is 0 Å². The number of benzene rings is 2. The average molecular weight is 386 g/mol. The van der Waals surface area contributed by atoms with E-state index in [1.807, 2.05) is 0 Å². The Hall–Kier alpha value is -3.75. The molecular weight excluding hydrogens is 370 g/mol. The Morgan fingerprint density at radius 3 is 2.46 bits per heavy atom. The van der Waals surface area contributed by atoms with Crippen molar-refractivity contribution in [3.05, 3.63) is 66.1 Å². The molecule has 0 saturated carbocycles. The molecule has 0 saturated heterocycles. The molecule has 0 aliphatic carbocycles. The Kier molecular flexibility index (Phi) is 5.64. The Labute approximate surface area is 159 Å². The van der Waals surface area contributed by atoms with E-state index in [2.05, 4.69) is 20.6 Å². The van der Waals surface area contributed by atoms with E-state index in [1.54, 1.807) is 25.3 Å². The number of rotatable bonds is 6. The number of carbonyl (C=O) groups is 1. The predicted molar refractivity (Wildman–Crippen MR) is 99.2 cm³/mol. The number of carbonyl (C=O) groups excluding carboxylic acids is 1. The number of halogens is 2. The zero-order chi connectivity index (χ0) is 20.1. The first-order valence-corrected chi connectivity index (χ1v) is 8.07. The number of nitrogens with one attached hydrogen (secondary N) is 2. The van der Waals surface area contributed by atoms with E-state index in [4.69, 9.17) is 9.47 Å². The van der Waals surface area contributed by atoms with Gasteiger partial charge < -0.3 is 20.1 Å². The second kappa shape index (κ2) is 8.30. The second-order valence-corrected chi connectivity index (χ2v) is 5.56. The third-order valence-electron chi connectivity index (χ3n) is 3.75. The van der Waals surface area contributed by atoms with Crippen LogP contribution in [0.3, 0.4) is 0 Å². The molecule has 1 heterocycles. The van der Waals surface area contributed by atoms with Gasteiger partial charge in [0, 0.05) is 18.2 Å². The first-order chi connectivity index (χ1) is 13.5. The maximum absolute atomic E-state index is 13.7. The highest BCUT2D eigenvalue weighted by molar-refractivity contribution is 6.03. The van der Waals surface area contributed by atoms with Gasteiger partial charge in [-0.2, -0.15) is 0 Å². The van der Waals surface area contributed by atoms with Crippen LogP contribution in [-0.4, -0.2) is 30.1 Å². The number of amides is 1. The van der Waals surface area contributed by atoms with Crippen LogP contribution >= 0.6 is 0 Å². The molecule has 2 aromatic carbocycles. The molecule has 0 unspecified atom stereocenters. The molecule has 144 valence electrons. The van der Waals surface area contributed by atoms with Gasteiger partial charge >= 0.3 is 0 Å². The van der Waals surface area contributed by atoms with Gasteiger partial charge in [0.25, 0.3) is 5.91 Å². The van der Waals surface area contributed by atoms with Gasteiger partial charge in [-0.05, 0) is 24.3 Å². The van der Waals surface area contributed by atoms with Crippen molar-refractivity contribution in [1.82, 2.24) is 9.97 Å². The third-order valence-corrected chi connectivity index (χ3v) is 3.75. The zero-order valence-electron chi connectivity index (χ0n) is 15.0. The van der Waals surface area contributed by atoms with Crippen LogP contribution in [0, 0.1) is 11.6 Å². The molecule has 7 nitrogen and oxygen atoms in total. The molecule has 0 aliphatic heterocycles. The topological polar surface area (TPSA) is 85.4 Å². The highest BCUT2D eigenvalue weighted by atomic mass is 19.1. The van der Waals surface area contributed by atoms with Crippen molar-refractivity contribution in [2.75, 3.05) is 24.9 Å². The van der Waals surface area contributed by atoms with E-state index >= 15 is 0 Å². The summed E-state index contributed by atoms with van der Waals surface area (Å²) in [6.45, 7) is 0. The van der Waals surface area contributed by atoms with Gasteiger partial charge in [-0.15, -0.1) is 0 Å². The van der Waals surface area contributed by atoms with E-state index < -0.39 is 17.5 Å². The summed E-state index contributed by atoms with van der Waals surface area (Å²) in [5.41, 5.74) is 0.433. The van der Waals surface area contributed by atoms with Crippen LogP contribution in [0.1, 0.15) is 10.5 Å². The standard InChI is InChI=1S/C19H16F2N4O3/c1-27-12-4-6-15(17(8-12)28-2)24-18-9-16(22-10-23-18)19(26)25-14-5-3-11(20)7-13(14)21/h3-10H,1-2H3,(H,25,26)(H,22,23,24). The largest absolute Gasteiger partial charge is 0.497 e. The van der Waals surface area contributed by atoms with Gasteiger partial charge in [-0.3, -0.25) is 4.79 Å². The Morgan fingerprint density at radius 2 is 1.75 bits per heavy atom. The van der Waals surface area contributed by atoms with Crippen molar-refractivity contribution in [3.63, 3.8) is 0 Å². The second-order valence-electron chi connectivity index (χ2n) is 5.56. The summed E-state index contributed by atoms with van der Waals surface area (Å²) in [5, 5.41) is 5.36. The predicted octanol–water partition coefficient (Wildman–Crippen LogP) is 3.77. The van der Waals surface area contributed by atoms with Crippen molar-refractivity contribution in [3.8, 4) is 11.5 Å². The number of hydrogen-bond acceptors (Lipinski definition) is 6. The summed E-state index contributed by atoms with van der Waals surface area (Å²) in [7, 11) is 3.05. The van der Waals surface area contributed by atoms with Crippen LogP contribution in [0.4, 0.5) is 26.0 Å². The number of methoxy groups -OCH3 is 2. The molecule has 0 bridgehead atoms. The first-order valence-electron chi connectivity index (χ1n) is 8.07. The molecule has 0 atom stereocenters. The summed E-state index contributed by atoms with van der Waals surface area (Å²) < 4.78 is 37.1. The van der Waals surface area contributed by atoms with Crippen LogP contribution in [-0.2, 0) is 0 Å². The highest BCUT2D eigenvalue weighted by Gasteiger charge is 2.13. The van der Waals surface area contributed by atoms with Gasteiger partial charge in [-0.25, -0.2) is 18.7 Å². The van der Waals surface area contributed by atoms with Crippen molar-refractivity contribution >= 4 is 23.1 Å². The monoisotopic (exact) mass is 386 g/mol. The Morgan fingerprint density at radius 1 is 0.964 bits per heavy atom. The lowest BCUT2D eigenvalue weighted by Crippen LogP contribution is -2.15. The number of aromatic nitrogens is 2. The summed E-state index contributed by atoms with van der Waals surface area (Å²) in [6.07, 6.45) is 1.19. The minimum absolute atomic E-state index is 0.00583. The Bertz CT molecular complexity index is 1010. The molecular formula is C19H16F2N4O3. The molecule has 9 heteroatoms. The molecule has 3 rings (SSSR count). The normalized spacial score (nSPS) is 10.3. The molecule has 0 fully saturated rings.